The van der Waals surface area contributed by atoms with E-state index in [9.17, 15) is 0 Å². The van der Waals surface area contributed by atoms with Gasteiger partial charge in [-0.2, -0.15) is 0 Å². The van der Waals surface area contributed by atoms with E-state index >= 15 is 0 Å². The van der Waals surface area contributed by atoms with Crippen LogP contribution in [0.3, 0.4) is 0 Å². The minimum Gasteiger partial charge on any atom is -0.388 e. The Balaban J connectivity index is 2.96. The lowest BCUT2D eigenvalue weighted by molar-refractivity contribution is 0.735. The minimum atomic E-state index is 0.647. The van der Waals surface area contributed by atoms with Gasteiger partial charge in [-0.05, 0) is 24.0 Å². The van der Waals surface area contributed by atoms with Crippen LogP contribution in [-0.4, -0.2) is 7.05 Å². The molecule has 66 valence electrons. The highest BCUT2D eigenvalue weighted by Gasteiger charge is 2.05. The Morgan fingerprint density at radius 1 is 1.33 bits per heavy atom. The average molecular weight is 163 g/mol. The molecule has 1 aromatic carbocycles. The number of nitrogens with one attached hydrogen (secondary N) is 1. The van der Waals surface area contributed by atoms with Crippen molar-refractivity contribution in [3.05, 3.63) is 29.8 Å². The van der Waals surface area contributed by atoms with E-state index in [-0.39, 0.29) is 0 Å². The third kappa shape index (κ3) is 1.79. The molecule has 0 unspecified atom stereocenters. The van der Waals surface area contributed by atoms with Crippen molar-refractivity contribution in [2.24, 2.45) is 0 Å². The molecule has 0 spiro atoms. The van der Waals surface area contributed by atoms with E-state index in [0.717, 1.165) is 0 Å². The fraction of sp³-hybridized carbons (Fsp3) is 0.455. The number of hydrogen-bond donors (Lipinski definition) is 1. The summed E-state index contributed by atoms with van der Waals surface area (Å²) in [7, 11) is 1.97. The van der Waals surface area contributed by atoms with Gasteiger partial charge in [0.1, 0.15) is 0 Å². The molecule has 0 saturated carbocycles. The third-order valence-electron chi connectivity index (χ3n) is 2.37. The van der Waals surface area contributed by atoms with Crippen LogP contribution in [0.25, 0.3) is 0 Å². The van der Waals surface area contributed by atoms with Gasteiger partial charge in [0.05, 0.1) is 0 Å². The Morgan fingerprint density at radius 3 is 2.58 bits per heavy atom. The van der Waals surface area contributed by atoms with Crippen LogP contribution < -0.4 is 5.32 Å². The van der Waals surface area contributed by atoms with Gasteiger partial charge in [0.2, 0.25) is 0 Å². The van der Waals surface area contributed by atoms with Crippen LogP contribution in [0, 0.1) is 0 Å². The maximum Gasteiger partial charge on any atom is 0.0372 e. The molecule has 1 N–H and O–H groups in total. The Morgan fingerprint density at radius 2 is 2.00 bits per heavy atom. The van der Waals surface area contributed by atoms with Crippen molar-refractivity contribution in [3.63, 3.8) is 0 Å². The van der Waals surface area contributed by atoms with E-state index in [1.807, 2.05) is 7.05 Å². The Bertz CT molecular complexity index is 243. The maximum absolute atomic E-state index is 3.21. The van der Waals surface area contributed by atoms with Crippen molar-refractivity contribution in [3.8, 4) is 0 Å². The summed E-state index contributed by atoms with van der Waals surface area (Å²) in [6, 6.07) is 8.49. The lowest BCUT2D eigenvalue weighted by atomic mass is 9.97. The molecule has 0 heterocycles. The summed E-state index contributed by atoms with van der Waals surface area (Å²) < 4.78 is 0. The molecule has 0 amide bonds. The van der Waals surface area contributed by atoms with E-state index in [0.29, 0.717) is 5.92 Å². The zero-order valence-corrected chi connectivity index (χ0v) is 8.09. The normalized spacial score (nSPS) is 12.6. The van der Waals surface area contributed by atoms with Crippen LogP contribution in [0.5, 0.6) is 0 Å². The van der Waals surface area contributed by atoms with E-state index in [1.54, 1.807) is 0 Å². The molecule has 0 bridgehead atoms. The summed E-state index contributed by atoms with van der Waals surface area (Å²) in [6.45, 7) is 4.48. The maximum atomic E-state index is 3.21. The van der Waals surface area contributed by atoms with Gasteiger partial charge in [0.25, 0.3) is 0 Å². The van der Waals surface area contributed by atoms with Crippen LogP contribution in [0.4, 0.5) is 5.69 Å². The lowest BCUT2D eigenvalue weighted by Gasteiger charge is -2.13. The van der Waals surface area contributed by atoms with E-state index in [2.05, 4.69) is 43.4 Å². The summed E-state index contributed by atoms with van der Waals surface area (Å²) in [4.78, 5) is 0. The molecular formula is C11H17N. The van der Waals surface area contributed by atoms with Crippen molar-refractivity contribution < 1.29 is 0 Å². The predicted molar refractivity (Wildman–Crippen MR) is 54.7 cm³/mol. The van der Waals surface area contributed by atoms with Crippen molar-refractivity contribution >= 4 is 5.69 Å². The first-order valence-corrected chi connectivity index (χ1v) is 4.56. The van der Waals surface area contributed by atoms with E-state index in [1.165, 1.54) is 17.7 Å². The molecule has 1 rings (SSSR count). The van der Waals surface area contributed by atoms with Crippen molar-refractivity contribution in [2.75, 3.05) is 12.4 Å². The van der Waals surface area contributed by atoms with Gasteiger partial charge in [0, 0.05) is 12.7 Å². The van der Waals surface area contributed by atoms with Gasteiger partial charge >= 0.3 is 0 Å². The summed E-state index contributed by atoms with van der Waals surface area (Å²) in [5.74, 6) is 0.647. The van der Waals surface area contributed by atoms with Crippen LogP contribution in [0.15, 0.2) is 24.3 Å². The summed E-state index contributed by atoms with van der Waals surface area (Å²) in [5, 5.41) is 3.21. The molecular weight excluding hydrogens is 146 g/mol. The van der Waals surface area contributed by atoms with Crippen LogP contribution in [-0.2, 0) is 0 Å². The molecule has 12 heavy (non-hydrogen) atoms. The molecule has 1 aromatic rings. The van der Waals surface area contributed by atoms with Crippen molar-refractivity contribution in [1.82, 2.24) is 0 Å². The molecule has 0 aliphatic heterocycles. The number of rotatable bonds is 3. The molecule has 0 aliphatic rings. The summed E-state index contributed by atoms with van der Waals surface area (Å²) in [6.07, 6.45) is 1.19. The second kappa shape index (κ2) is 4.15. The van der Waals surface area contributed by atoms with Gasteiger partial charge in [-0.3, -0.25) is 0 Å². The summed E-state index contributed by atoms with van der Waals surface area (Å²) >= 11 is 0. The highest BCUT2D eigenvalue weighted by molar-refractivity contribution is 5.51. The van der Waals surface area contributed by atoms with Crippen LogP contribution in [0.1, 0.15) is 31.7 Å². The minimum absolute atomic E-state index is 0.647. The standard InChI is InChI=1S/C11H17N/c1-4-9(2)10-7-5-6-8-11(10)12-3/h5-9,12H,4H2,1-3H3/t9-/m1/s1. The molecule has 0 radical (unpaired) electrons. The highest BCUT2D eigenvalue weighted by Crippen LogP contribution is 2.25. The molecule has 0 aliphatic carbocycles. The molecule has 0 saturated heterocycles. The van der Waals surface area contributed by atoms with Crippen LogP contribution >= 0.6 is 0 Å². The van der Waals surface area contributed by atoms with Gasteiger partial charge < -0.3 is 5.32 Å². The fourth-order valence-electron chi connectivity index (χ4n) is 1.37. The van der Waals surface area contributed by atoms with Gasteiger partial charge in [-0.1, -0.05) is 32.0 Å². The number of hydrogen-bond acceptors (Lipinski definition) is 1. The number of benzene rings is 1. The zero-order valence-electron chi connectivity index (χ0n) is 8.09. The van der Waals surface area contributed by atoms with E-state index in [4.69, 9.17) is 0 Å². The summed E-state index contributed by atoms with van der Waals surface area (Å²) in [5.41, 5.74) is 2.68. The number of anilines is 1. The second-order valence-corrected chi connectivity index (χ2v) is 3.15. The monoisotopic (exact) mass is 163 g/mol. The fourth-order valence-corrected chi connectivity index (χ4v) is 1.37. The average Bonchev–Trinajstić information content (AvgIpc) is 2.16. The second-order valence-electron chi connectivity index (χ2n) is 3.15. The first-order chi connectivity index (χ1) is 5.79. The van der Waals surface area contributed by atoms with Crippen molar-refractivity contribution in [1.29, 1.82) is 0 Å². The molecule has 0 fully saturated rings. The quantitative estimate of drug-likeness (QED) is 0.721. The van der Waals surface area contributed by atoms with Gasteiger partial charge in [-0.25, -0.2) is 0 Å². The topological polar surface area (TPSA) is 12.0 Å². The smallest absolute Gasteiger partial charge is 0.0372 e. The highest BCUT2D eigenvalue weighted by atomic mass is 14.8. The van der Waals surface area contributed by atoms with Crippen molar-refractivity contribution in [2.45, 2.75) is 26.2 Å². The number of para-hydroxylation sites is 1. The molecule has 1 heteroatoms. The Kier molecular flexibility index (Phi) is 3.15. The Labute approximate surface area is 74.8 Å². The molecule has 0 aromatic heterocycles. The predicted octanol–water partition coefficient (Wildman–Crippen LogP) is 3.24. The van der Waals surface area contributed by atoms with Gasteiger partial charge in [-0.15, -0.1) is 0 Å². The van der Waals surface area contributed by atoms with Crippen LogP contribution in [0.2, 0.25) is 0 Å². The SMILES string of the molecule is CC[C@@H](C)c1ccccc1NC. The first-order valence-electron chi connectivity index (χ1n) is 4.56. The first kappa shape index (κ1) is 9.11. The lowest BCUT2D eigenvalue weighted by Crippen LogP contribution is -1.98. The largest absolute Gasteiger partial charge is 0.388 e. The third-order valence-corrected chi connectivity index (χ3v) is 2.37. The van der Waals surface area contributed by atoms with E-state index < -0.39 is 0 Å². The molecule has 1 atom stereocenters. The van der Waals surface area contributed by atoms with Gasteiger partial charge in [0.15, 0.2) is 0 Å². The molecule has 1 nitrogen and oxygen atoms in total. The Hall–Kier alpha value is -0.980. The zero-order chi connectivity index (χ0) is 8.97.